The number of hydrogen-bond donors (Lipinski definition) is 3. The van der Waals surface area contributed by atoms with Crippen LogP contribution in [-0.2, 0) is 9.59 Å². The summed E-state index contributed by atoms with van der Waals surface area (Å²) in [5.74, 6) is -0.168. The standard InChI is InChI=1S/C45H36N4O5S2/c1-53-36-21-24-40(54-2)34(26-36)27-38(47-42(50)31-14-7-4-8-15-31)43(51)46-35-19-22-37(23-20-35)56-41(30-12-5-3-6-13-30)44(52)49-45-48-39(28-55-45)33-18-17-29-11-9-10-16-32(29)25-33/h3-28,41H,1-2H3,(H,46,51)(H,47,50)(H,48,49,52)/b38-27-. The molecule has 0 bridgehead atoms. The Hall–Kier alpha value is -6.69. The van der Waals surface area contributed by atoms with Gasteiger partial charge in [-0.15, -0.1) is 23.1 Å². The van der Waals surface area contributed by atoms with Crippen molar-refractivity contribution in [3.05, 3.63) is 173 Å². The number of hydrogen-bond acceptors (Lipinski definition) is 8. The van der Waals surface area contributed by atoms with Crippen LogP contribution in [0.15, 0.2) is 162 Å². The predicted octanol–water partition coefficient (Wildman–Crippen LogP) is 9.86. The van der Waals surface area contributed by atoms with Crippen molar-refractivity contribution in [2.75, 3.05) is 24.9 Å². The molecule has 7 aromatic rings. The number of nitrogens with zero attached hydrogens (tertiary/aromatic N) is 1. The zero-order chi connectivity index (χ0) is 38.9. The van der Waals surface area contributed by atoms with E-state index in [9.17, 15) is 14.4 Å². The lowest BCUT2D eigenvalue weighted by Crippen LogP contribution is -2.30. The van der Waals surface area contributed by atoms with Gasteiger partial charge in [0.05, 0.1) is 19.9 Å². The summed E-state index contributed by atoms with van der Waals surface area (Å²) < 4.78 is 10.9. The topological polar surface area (TPSA) is 119 Å². The third-order valence-corrected chi connectivity index (χ3v) is 10.8. The lowest BCUT2D eigenvalue weighted by atomic mass is 10.1. The molecule has 1 unspecified atom stereocenters. The first-order valence-corrected chi connectivity index (χ1v) is 19.3. The Labute approximate surface area is 332 Å². The first kappa shape index (κ1) is 37.6. The van der Waals surface area contributed by atoms with Gasteiger partial charge >= 0.3 is 0 Å². The van der Waals surface area contributed by atoms with Gasteiger partial charge in [0.1, 0.15) is 22.4 Å². The Bertz CT molecular complexity index is 2520. The molecule has 3 N–H and O–H groups in total. The molecule has 0 aliphatic carbocycles. The number of thiazole rings is 1. The molecule has 1 heterocycles. The van der Waals surface area contributed by atoms with E-state index in [1.807, 2.05) is 72.1 Å². The smallest absolute Gasteiger partial charge is 0.272 e. The van der Waals surface area contributed by atoms with E-state index in [1.165, 1.54) is 36.3 Å². The molecular weight excluding hydrogens is 741 g/mol. The minimum atomic E-state index is -0.592. The number of ether oxygens (including phenoxy) is 2. The molecule has 0 saturated carbocycles. The van der Waals surface area contributed by atoms with Gasteiger partial charge in [-0.25, -0.2) is 4.98 Å². The van der Waals surface area contributed by atoms with Crippen molar-refractivity contribution in [2.45, 2.75) is 10.1 Å². The van der Waals surface area contributed by atoms with Gasteiger partial charge < -0.3 is 25.4 Å². The molecule has 278 valence electrons. The summed E-state index contributed by atoms with van der Waals surface area (Å²) in [4.78, 5) is 46.4. The van der Waals surface area contributed by atoms with Crippen molar-refractivity contribution >= 4 is 68.5 Å². The minimum Gasteiger partial charge on any atom is -0.497 e. The third kappa shape index (κ3) is 9.15. The van der Waals surface area contributed by atoms with Crippen molar-refractivity contribution in [1.29, 1.82) is 0 Å². The summed E-state index contributed by atoms with van der Waals surface area (Å²) in [5, 5.41) is 12.8. The van der Waals surface area contributed by atoms with Gasteiger partial charge in [-0.1, -0.05) is 84.9 Å². The zero-order valence-corrected chi connectivity index (χ0v) is 32.0. The first-order chi connectivity index (χ1) is 27.4. The first-order valence-electron chi connectivity index (χ1n) is 17.6. The monoisotopic (exact) mass is 776 g/mol. The number of carbonyl (C=O) groups excluding carboxylic acids is 3. The number of rotatable bonds is 13. The Balaban J connectivity index is 1.08. The number of fused-ring (bicyclic) bond motifs is 1. The number of amides is 3. The lowest BCUT2D eigenvalue weighted by molar-refractivity contribution is -0.116. The Kier molecular flexibility index (Phi) is 11.8. The van der Waals surface area contributed by atoms with E-state index in [2.05, 4.69) is 40.2 Å². The van der Waals surface area contributed by atoms with Gasteiger partial charge in [0, 0.05) is 32.7 Å². The van der Waals surface area contributed by atoms with Gasteiger partial charge in [-0.2, -0.15) is 0 Å². The molecule has 9 nitrogen and oxygen atoms in total. The number of anilines is 2. The summed E-state index contributed by atoms with van der Waals surface area (Å²) >= 11 is 2.76. The summed E-state index contributed by atoms with van der Waals surface area (Å²) in [7, 11) is 3.06. The van der Waals surface area contributed by atoms with Crippen LogP contribution in [0.4, 0.5) is 10.8 Å². The van der Waals surface area contributed by atoms with E-state index in [1.54, 1.807) is 61.7 Å². The molecule has 6 aromatic carbocycles. The second-order valence-electron chi connectivity index (χ2n) is 12.5. The lowest BCUT2D eigenvalue weighted by Gasteiger charge is -2.17. The second-order valence-corrected chi connectivity index (χ2v) is 14.5. The van der Waals surface area contributed by atoms with Gasteiger partial charge in [0.2, 0.25) is 5.91 Å². The second kappa shape index (κ2) is 17.6. The molecule has 0 aliphatic rings. The fraction of sp³-hybridized carbons (Fsp3) is 0.0667. The summed E-state index contributed by atoms with van der Waals surface area (Å²) in [6.07, 6.45) is 1.54. The summed E-state index contributed by atoms with van der Waals surface area (Å²) in [6, 6.07) is 44.9. The van der Waals surface area contributed by atoms with Crippen molar-refractivity contribution in [2.24, 2.45) is 0 Å². The average Bonchev–Trinajstić information content (AvgIpc) is 3.71. The number of benzene rings is 6. The van der Waals surface area contributed by atoms with Gasteiger partial charge in [-0.05, 0) is 83.1 Å². The maximum atomic E-state index is 13.9. The minimum absolute atomic E-state index is 0.00405. The highest BCUT2D eigenvalue weighted by Crippen LogP contribution is 2.38. The number of nitrogens with one attached hydrogen (secondary N) is 3. The molecule has 0 radical (unpaired) electrons. The van der Waals surface area contributed by atoms with Crippen LogP contribution in [0.2, 0.25) is 0 Å². The Morgan fingerprint density at radius 2 is 1.45 bits per heavy atom. The van der Waals surface area contributed by atoms with E-state index in [0.29, 0.717) is 33.4 Å². The molecule has 0 aliphatic heterocycles. The third-order valence-electron chi connectivity index (χ3n) is 8.75. The van der Waals surface area contributed by atoms with Crippen molar-refractivity contribution in [3.8, 4) is 22.8 Å². The molecule has 7 rings (SSSR count). The molecule has 0 fully saturated rings. The normalized spacial score (nSPS) is 11.7. The van der Waals surface area contributed by atoms with E-state index < -0.39 is 17.1 Å². The molecule has 1 atom stereocenters. The van der Waals surface area contributed by atoms with Gasteiger partial charge in [0.15, 0.2) is 5.13 Å². The highest BCUT2D eigenvalue weighted by Gasteiger charge is 2.24. The number of carbonyl (C=O) groups is 3. The summed E-state index contributed by atoms with van der Waals surface area (Å²) in [5.41, 5.74) is 4.00. The van der Waals surface area contributed by atoms with E-state index in [4.69, 9.17) is 14.5 Å². The summed E-state index contributed by atoms with van der Waals surface area (Å²) in [6.45, 7) is 0. The predicted molar refractivity (Wildman–Crippen MR) is 225 cm³/mol. The van der Waals surface area contributed by atoms with Crippen molar-refractivity contribution in [3.63, 3.8) is 0 Å². The fourth-order valence-corrected chi connectivity index (χ4v) is 7.63. The average molecular weight is 777 g/mol. The molecule has 56 heavy (non-hydrogen) atoms. The van der Waals surface area contributed by atoms with Crippen LogP contribution in [0.1, 0.15) is 26.7 Å². The number of methoxy groups -OCH3 is 2. The van der Waals surface area contributed by atoms with Crippen molar-refractivity contribution < 1.29 is 23.9 Å². The van der Waals surface area contributed by atoms with Crippen LogP contribution in [0.5, 0.6) is 11.5 Å². The maximum absolute atomic E-state index is 13.9. The van der Waals surface area contributed by atoms with E-state index >= 15 is 0 Å². The van der Waals surface area contributed by atoms with Crippen LogP contribution in [0.3, 0.4) is 0 Å². The van der Waals surface area contributed by atoms with Crippen LogP contribution in [0.25, 0.3) is 28.1 Å². The Morgan fingerprint density at radius 1 is 0.732 bits per heavy atom. The largest absolute Gasteiger partial charge is 0.497 e. The van der Waals surface area contributed by atoms with Crippen LogP contribution >= 0.6 is 23.1 Å². The van der Waals surface area contributed by atoms with Crippen LogP contribution in [-0.4, -0.2) is 36.9 Å². The van der Waals surface area contributed by atoms with Crippen molar-refractivity contribution in [1.82, 2.24) is 10.3 Å². The Morgan fingerprint density at radius 3 is 2.18 bits per heavy atom. The maximum Gasteiger partial charge on any atom is 0.272 e. The molecule has 0 spiro atoms. The highest BCUT2D eigenvalue weighted by atomic mass is 32.2. The van der Waals surface area contributed by atoms with Crippen LogP contribution < -0.4 is 25.4 Å². The highest BCUT2D eigenvalue weighted by molar-refractivity contribution is 8.00. The van der Waals surface area contributed by atoms with E-state index in [-0.39, 0.29) is 11.6 Å². The van der Waals surface area contributed by atoms with Crippen LogP contribution in [0, 0.1) is 0 Å². The zero-order valence-electron chi connectivity index (χ0n) is 30.4. The molecule has 0 saturated heterocycles. The molecular formula is C45H36N4O5S2. The molecule has 3 amide bonds. The van der Waals surface area contributed by atoms with Gasteiger partial charge in [0.25, 0.3) is 11.8 Å². The van der Waals surface area contributed by atoms with Gasteiger partial charge in [-0.3, -0.25) is 14.4 Å². The van der Waals surface area contributed by atoms with E-state index in [0.717, 1.165) is 32.5 Å². The molecule has 11 heteroatoms. The molecule has 1 aromatic heterocycles. The SMILES string of the molecule is COc1ccc(OC)c(/C=C(\NC(=O)c2ccccc2)C(=O)Nc2ccc(SC(C(=O)Nc3nc(-c4ccc5ccccc5c4)cs3)c3ccccc3)cc2)c1. The quantitative estimate of drug-likeness (QED) is 0.0788. The fourth-order valence-electron chi connectivity index (χ4n) is 5.89. The number of aromatic nitrogens is 1. The number of thioether (sulfide) groups is 1.